The average Bonchev–Trinajstić information content (AvgIpc) is 3.13. The Kier molecular flexibility index (Phi) is 6.97. The predicted molar refractivity (Wildman–Crippen MR) is 104 cm³/mol. The van der Waals surface area contributed by atoms with Gasteiger partial charge in [0.15, 0.2) is 11.6 Å². The molecule has 0 aromatic carbocycles. The van der Waals surface area contributed by atoms with Crippen molar-refractivity contribution in [1.29, 1.82) is 0 Å². The highest BCUT2D eigenvalue weighted by atomic mass is 16.5. The zero-order chi connectivity index (χ0) is 20.1. The van der Waals surface area contributed by atoms with Crippen molar-refractivity contribution in [2.45, 2.75) is 63.8 Å². The second kappa shape index (κ2) is 9.44. The molecule has 0 radical (unpaired) electrons. The number of hydrogen-bond acceptors (Lipinski definition) is 7. The number of anilines is 1. The number of hydrogen-bond donors (Lipinski definition) is 0. The van der Waals surface area contributed by atoms with Crippen molar-refractivity contribution in [3.63, 3.8) is 0 Å². The Morgan fingerprint density at radius 1 is 1.32 bits per heavy atom. The minimum absolute atomic E-state index is 0.0725. The van der Waals surface area contributed by atoms with Crippen LogP contribution in [0.2, 0.25) is 0 Å². The summed E-state index contributed by atoms with van der Waals surface area (Å²) in [6.07, 6.45) is 9.75. The number of rotatable bonds is 8. The second-order valence-electron chi connectivity index (χ2n) is 7.89. The van der Waals surface area contributed by atoms with Crippen LogP contribution in [0.1, 0.15) is 51.2 Å². The molecule has 28 heavy (non-hydrogen) atoms. The van der Waals surface area contributed by atoms with E-state index in [1.807, 2.05) is 19.9 Å². The molecule has 2 heterocycles. The molecule has 1 atom stereocenters. The first kappa shape index (κ1) is 20.7. The van der Waals surface area contributed by atoms with Crippen molar-refractivity contribution in [2.24, 2.45) is 5.92 Å². The van der Waals surface area contributed by atoms with E-state index in [4.69, 9.17) is 25.2 Å². The van der Waals surface area contributed by atoms with E-state index in [-0.39, 0.29) is 30.2 Å². The van der Waals surface area contributed by atoms with Crippen LogP contribution in [0.15, 0.2) is 10.6 Å². The first-order chi connectivity index (χ1) is 13.5. The number of piperidine rings is 1. The molecule has 0 bridgehead atoms. The summed E-state index contributed by atoms with van der Waals surface area (Å²) in [5.41, 5.74) is 0. The summed E-state index contributed by atoms with van der Waals surface area (Å²) in [5.74, 6) is 3.17. The van der Waals surface area contributed by atoms with E-state index in [1.54, 1.807) is 0 Å². The van der Waals surface area contributed by atoms with Crippen LogP contribution in [0, 0.1) is 18.3 Å². The van der Waals surface area contributed by atoms with Crippen molar-refractivity contribution < 1.29 is 23.5 Å². The van der Waals surface area contributed by atoms with Gasteiger partial charge in [0.2, 0.25) is 0 Å². The molecule has 0 amide bonds. The summed E-state index contributed by atoms with van der Waals surface area (Å²) in [4.78, 5) is 14.2. The lowest BCUT2D eigenvalue weighted by atomic mass is 9.91. The zero-order valence-corrected chi connectivity index (χ0v) is 16.9. The van der Waals surface area contributed by atoms with Crippen LogP contribution in [0.4, 0.5) is 5.82 Å². The average molecular weight is 390 g/mol. The van der Waals surface area contributed by atoms with E-state index in [0.29, 0.717) is 12.4 Å². The summed E-state index contributed by atoms with van der Waals surface area (Å²) < 4.78 is 22.1. The molecular formula is C21H30N2O5. The highest BCUT2D eigenvalue weighted by molar-refractivity contribution is 5.77. The van der Waals surface area contributed by atoms with E-state index < -0.39 is 5.92 Å². The van der Waals surface area contributed by atoms with Gasteiger partial charge >= 0.3 is 5.97 Å². The summed E-state index contributed by atoms with van der Waals surface area (Å²) in [7, 11) is 1.39. The van der Waals surface area contributed by atoms with Crippen molar-refractivity contribution in [3.8, 4) is 12.3 Å². The van der Waals surface area contributed by atoms with Gasteiger partial charge in [0.1, 0.15) is 12.5 Å². The van der Waals surface area contributed by atoms with Crippen molar-refractivity contribution in [1.82, 2.24) is 5.16 Å². The molecule has 154 valence electrons. The van der Waals surface area contributed by atoms with Gasteiger partial charge in [0.05, 0.1) is 25.4 Å². The summed E-state index contributed by atoms with van der Waals surface area (Å²) in [6.45, 7) is 6.02. The van der Waals surface area contributed by atoms with Gasteiger partial charge in [-0.25, -0.2) is 0 Å². The van der Waals surface area contributed by atoms with Crippen LogP contribution >= 0.6 is 0 Å². The van der Waals surface area contributed by atoms with Crippen molar-refractivity contribution in [3.05, 3.63) is 11.8 Å². The Balaban J connectivity index is 1.46. The van der Waals surface area contributed by atoms with Gasteiger partial charge in [-0.3, -0.25) is 4.79 Å². The Morgan fingerprint density at radius 2 is 2.04 bits per heavy atom. The maximum absolute atomic E-state index is 12.0. The summed E-state index contributed by atoms with van der Waals surface area (Å²) in [6, 6.07) is 1.86. The van der Waals surface area contributed by atoms with E-state index in [0.717, 1.165) is 44.6 Å². The summed E-state index contributed by atoms with van der Waals surface area (Å²) in [5, 5.41) is 4.18. The Labute approximate surface area is 166 Å². The number of carbonyl (C=O) groups excluding carboxylic acids is 1. The van der Waals surface area contributed by atoms with E-state index in [9.17, 15) is 4.79 Å². The fraction of sp³-hybridized carbons (Fsp3) is 0.714. The molecule has 1 saturated carbocycles. The molecule has 1 saturated heterocycles. The third-order valence-corrected chi connectivity index (χ3v) is 5.55. The number of esters is 1. The van der Waals surface area contributed by atoms with Gasteiger partial charge in [-0.1, -0.05) is 24.9 Å². The first-order valence-corrected chi connectivity index (χ1v) is 10.0. The smallest absolute Gasteiger partial charge is 0.316 e. The minimum Gasteiger partial charge on any atom is -0.468 e. The quantitative estimate of drug-likeness (QED) is 0.499. The highest BCUT2D eigenvalue weighted by Gasteiger charge is 2.34. The third-order valence-electron chi connectivity index (χ3n) is 5.55. The van der Waals surface area contributed by atoms with Crippen molar-refractivity contribution in [2.75, 3.05) is 31.7 Å². The van der Waals surface area contributed by atoms with Crippen LogP contribution in [-0.4, -0.2) is 56.2 Å². The normalized spacial score (nSPS) is 23.9. The van der Waals surface area contributed by atoms with Crippen LogP contribution in [-0.2, 0) is 19.0 Å². The van der Waals surface area contributed by atoms with E-state index >= 15 is 0 Å². The number of ether oxygens (including phenoxy) is 3. The number of aromatic nitrogens is 1. The number of nitrogens with zero attached hydrogens (tertiary/aromatic N) is 2. The fourth-order valence-electron chi connectivity index (χ4n) is 3.84. The highest BCUT2D eigenvalue weighted by Crippen LogP contribution is 2.32. The molecule has 1 aliphatic heterocycles. The van der Waals surface area contributed by atoms with Gasteiger partial charge in [-0.2, -0.15) is 0 Å². The Bertz CT molecular complexity index is 681. The molecule has 1 aliphatic carbocycles. The standard InChI is InChI=1S/C21H30N2O5/c1-5-10-26-16-11-17(12-16)27-15-6-8-23(9-7-15)19-13-18(28-22-19)20(14(2)3)21(24)25-4/h1,13-17,20H,6-12H2,2-4H3. The molecule has 0 N–H and O–H groups in total. The molecule has 1 aromatic rings. The molecular weight excluding hydrogens is 360 g/mol. The van der Waals surface area contributed by atoms with E-state index in [2.05, 4.69) is 16.0 Å². The van der Waals surface area contributed by atoms with Crippen LogP contribution in [0.25, 0.3) is 0 Å². The Morgan fingerprint density at radius 3 is 2.64 bits per heavy atom. The third kappa shape index (κ3) is 4.86. The molecule has 7 heteroatoms. The molecule has 3 rings (SSSR count). The van der Waals surface area contributed by atoms with Gasteiger partial charge in [0, 0.05) is 32.0 Å². The molecule has 1 unspecified atom stereocenters. The monoisotopic (exact) mass is 390 g/mol. The van der Waals surface area contributed by atoms with Crippen molar-refractivity contribution >= 4 is 11.8 Å². The number of carbonyl (C=O) groups is 1. The van der Waals surface area contributed by atoms with Gasteiger partial charge in [0.25, 0.3) is 0 Å². The largest absolute Gasteiger partial charge is 0.468 e. The second-order valence-corrected chi connectivity index (χ2v) is 7.89. The van der Waals surface area contributed by atoms with Gasteiger partial charge < -0.3 is 23.6 Å². The SMILES string of the molecule is C#CCOC1CC(OC2CCN(c3cc(C(C(=O)OC)C(C)C)on3)CC2)C1. The fourth-order valence-corrected chi connectivity index (χ4v) is 3.84. The molecule has 0 spiro atoms. The molecule has 2 fully saturated rings. The minimum atomic E-state index is -0.435. The topological polar surface area (TPSA) is 74.0 Å². The first-order valence-electron chi connectivity index (χ1n) is 10.0. The van der Waals surface area contributed by atoms with E-state index in [1.165, 1.54) is 7.11 Å². The molecule has 1 aromatic heterocycles. The lowest BCUT2D eigenvalue weighted by molar-refractivity contribution is -0.144. The summed E-state index contributed by atoms with van der Waals surface area (Å²) >= 11 is 0. The lowest BCUT2D eigenvalue weighted by Crippen LogP contribution is -2.43. The Hall–Kier alpha value is -2.04. The van der Waals surface area contributed by atoms with Gasteiger partial charge in [-0.05, 0) is 18.8 Å². The predicted octanol–water partition coefficient (Wildman–Crippen LogP) is 2.75. The lowest BCUT2D eigenvalue weighted by Gasteiger charge is -2.39. The van der Waals surface area contributed by atoms with Gasteiger partial charge in [-0.15, -0.1) is 6.42 Å². The zero-order valence-electron chi connectivity index (χ0n) is 16.9. The number of terminal acetylenes is 1. The van der Waals surface area contributed by atoms with Crippen LogP contribution < -0.4 is 4.90 Å². The molecule has 2 aliphatic rings. The van der Waals surface area contributed by atoms with Crippen LogP contribution in [0.5, 0.6) is 0 Å². The number of methoxy groups -OCH3 is 1. The maximum atomic E-state index is 12.0. The maximum Gasteiger partial charge on any atom is 0.316 e. The van der Waals surface area contributed by atoms with Crippen LogP contribution in [0.3, 0.4) is 0 Å². The molecule has 7 nitrogen and oxygen atoms in total.